The predicted molar refractivity (Wildman–Crippen MR) is 108 cm³/mol. The molecule has 0 saturated carbocycles. The van der Waals surface area contributed by atoms with E-state index in [0.29, 0.717) is 48.8 Å². The zero-order valence-corrected chi connectivity index (χ0v) is 16.3. The maximum absolute atomic E-state index is 13.1. The van der Waals surface area contributed by atoms with Crippen LogP contribution < -0.4 is 26.1 Å². The van der Waals surface area contributed by atoms with E-state index in [4.69, 9.17) is 19.9 Å². The van der Waals surface area contributed by atoms with E-state index in [1.807, 2.05) is 0 Å². The van der Waals surface area contributed by atoms with Crippen LogP contribution in [0.5, 0.6) is 11.5 Å². The van der Waals surface area contributed by atoms with Crippen molar-refractivity contribution in [3.05, 3.63) is 40.4 Å². The number of benzene rings is 1. The summed E-state index contributed by atoms with van der Waals surface area (Å²) in [6.45, 7) is 3.51. The van der Waals surface area contributed by atoms with E-state index < -0.39 is 5.91 Å². The average Bonchev–Trinajstić information content (AvgIpc) is 2.86. The molecule has 0 aliphatic carbocycles. The summed E-state index contributed by atoms with van der Waals surface area (Å²) >= 11 is 0. The number of carbonyl (C=O) groups excluding carboxylic acids is 1. The van der Waals surface area contributed by atoms with Crippen LogP contribution in [0, 0.1) is 0 Å². The molecular formula is C19H20N6O5. The van der Waals surface area contributed by atoms with E-state index in [2.05, 4.69) is 20.3 Å². The number of anilines is 2. The van der Waals surface area contributed by atoms with Crippen molar-refractivity contribution in [1.82, 2.24) is 19.5 Å². The number of aromatic nitrogens is 4. The Morgan fingerprint density at radius 1 is 1.17 bits per heavy atom. The molecule has 3 N–H and O–H groups in total. The number of nitrogens with zero attached hydrogens (tertiary/aromatic N) is 4. The number of fused-ring (bicyclic) bond motifs is 3. The minimum absolute atomic E-state index is 0.0523. The summed E-state index contributed by atoms with van der Waals surface area (Å²) < 4.78 is 18.2. The van der Waals surface area contributed by atoms with Crippen LogP contribution >= 0.6 is 0 Å². The zero-order chi connectivity index (χ0) is 21.1. The Bertz CT molecular complexity index is 1140. The van der Waals surface area contributed by atoms with E-state index in [1.165, 1.54) is 17.0 Å². The molecule has 1 amide bonds. The van der Waals surface area contributed by atoms with Gasteiger partial charge in [0.05, 0.1) is 24.2 Å². The lowest BCUT2D eigenvalue weighted by molar-refractivity contribution is 0.0878. The minimum Gasteiger partial charge on any atom is -0.487 e. The number of nitrogens with two attached hydrogens (primary N) is 1. The highest BCUT2D eigenvalue weighted by Gasteiger charge is 2.20. The van der Waals surface area contributed by atoms with Crippen molar-refractivity contribution in [1.29, 1.82) is 0 Å². The molecule has 0 atom stereocenters. The molecule has 1 aliphatic rings. The molecule has 0 fully saturated rings. The number of ether oxygens (including phenoxy) is 3. The topological polar surface area (TPSA) is 143 Å². The van der Waals surface area contributed by atoms with Gasteiger partial charge in [-0.2, -0.15) is 0 Å². The molecule has 1 aliphatic heterocycles. The molecule has 0 spiro atoms. The number of nitrogens with one attached hydrogen (secondary N) is 1. The maximum atomic E-state index is 13.1. The van der Waals surface area contributed by atoms with Crippen LogP contribution in [0.2, 0.25) is 0 Å². The minimum atomic E-state index is -0.523. The number of hydrogen-bond donors (Lipinski definition) is 2. The number of hydrogen-bond acceptors (Lipinski definition) is 9. The molecule has 1 aromatic carbocycles. The van der Waals surface area contributed by atoms with E-state index in [9.17, 15) is 9.59 Å². The van der Waals surface area contributed by atoms with Crippen LogP contribution in [0.3, 0.4) is 0 Å². The molecule has 11 heteroatoms. The summed E-state index contributed by atoms with van der Waals surface area (Å²) in [6.07, 6.45) is 2.59. The first-order valence-corrected chi connectivity index (χ1v) is 9.38. The second-order valence-corrected chi connectivity index (χ2v) is 6.37. The van der Waals surface area contributed by atoms with Crippen LogP contribution in [0.25, 0.3) is 10.9 Å². The number of amides is 1. The van der Waals surface area contributed by atoms with E-state index in [-0.39, 0.29) is 29.6 Å². The lowest BCUT2D eigenvalue weighted by atomic mass is 10.2. The van der Waals surface area contributed by atoms with Crippen molar-refractivity contribution in [3.8, 4) is 11.5 Å². The molecule has 0 bridgehead atoms. The van der Waals surface area contributed by atoms with Crippen LogP contribution in [-0.2, 0) is 11.3 Å². The summed E-state index contributed by atoms with van der Waals surface area (Å²) in [7, 11) is 0. The third-order valence-corrected chi connectivity index (χ3v) is 4.48. The van der Waals surface area contributed by atoms with Gasteiger partial charge in [-0.15, -0.1) is 0 Å². The largest absolute Gasteiger partial charge is 0.487 e. The summed E-state index contributed by atoms with van der Waals surface area (Å²) in [5.41, 5.74) is 5.63. The highest BCUT2D eigenvalue weighted by atomic mass is 16.6. The zero-order valence-electron chi connectivity index (χ0n) is 16.3. The first-order valence-electron chi connectivity index (χ1n) is 9.38. The molecule has 11 nitrogen and oxygen atoms in total. The Hall–Kier alpha value is -3.73. The maximum Gasteiger partial charge on any atom is 0.262 e. The second kappa shape index (κ2) is 8.33. The van der Waals surface area contributed by atoms with Gasteiger partial charge in [-0.3, -0.25) is 19.5 Å². The highest BCUT2D eigenvalue weighted by Crippen LogP contribution is 2.34. The molecule has 0 saturated heterocycles. The SMILES string of the molecule is CCn1c(NC(=O)c2cnc(N)nc2)nc2c3c(ccc2c1=O)OCCOCCO3. The molecule has 3 heterocycles. The van der Waals surface area contributed by atoms with Gasteiger partial charge in [0.2, 0.25) is 11.9 Å². The molecule has 2 aromatic heterocycles. The average molecular weight is 412 g/mol. The van der Waals surface area contributed by atoms with E-state index in [0.717, 1.165) is 0 Å². The lowest BCUT2D eigenvalue weighted by Crippen LogP contribution is -2.27. The Balaban J connectivity index is 1.81. The van der Waals surface area contributed by atoms with Gasteiger partial charge in [0, 0.05) is 18.9 Å². The first-order chi connectivity index (χ1) is 14.6. The molecule has 156 valence electrons. The fourth-order valence-electron chi connectivity index (χ4n) is 3.03. The Kier molecular flexibility index (Phi) is 5.44. The van der Waals surface area contributed by atoms with Crippen molar-refractivity contribution in [3.63, 3.8) is 0 Å². The summed E-state index contributed by atoms with van der Waals surface area (Å²) in [5, 5.41) is 3.00. The Morgan fingerprint density at radius 2 is 1.90 bits per heavy atom. The van der Waals surface area contributed by atoms with Crippen molar-refractivity contribution in [2.45, 2.75) is 13.5 Å². The Morgan fingerprint density at radius 3 is 2.63 bits per heavy atom. The van der Waals surface area contributed by atoms with Crippen molar-refractivity contribution in [2.75, 3.05) is 37.5 Å². The molecule has 0 radical (unpaired) electrons. The van der Waals surface area contributed by atoms with Gasteiger partial charge in [0.1, 0.15) is 18.7 Å². The monoisotopic (exact) mass is 412 g/mol. The van der Waals surface area contributed by atoms with E-state index in [1.54, 1.807) is 19.1 Å². The first kappa shape index (κ1) is 19.6. The molecular weight excluding hydrogens is 392 g/mol. The fourth-order valence-corrected chi connectivity index (χ4v) is 3.03. The predicted octanol–water partition coefficient (Wildman–Crippen LogP) is 0.829. The number of nitrogen functional groups attached to an aromatic ring is 1. The fraction of sp³-hybridized carbons (Fsp3) is 0.316. The highest BCUT2D eigenvalue weighted by molar-refractivity contribution is 6.03. The van der Waals surface area contributed by atoms with Gasteiger partial charge >= 0.3 is 0 Å². The third-order valence-electron chi connectivity index (χ3n) is 4.48. The van der Waals surface area contributed by atoms with E-state index >= 15 is 0 Å². The van der Waals surface area contributed by atoms with Gasteiger partial charge in [0.15, 0.2) is 11.5 Å². The van der Waals surface area contributed by atoms with Gasteiger partial charge in [0.25, 0.3) is 11.5 Å². The normalized spacial score (nSPS) is 13.9. The van der Waals surface area contributed by atoms with Crippen molar-refractivity contribution >= 4 is 28.7 Å². The van der Waals surface area contributed by atoms with Crippen molar-refractivity contribution < 1.29 is 19.0 Å². The van der Waals surface area contributed by atoms with Gasteiger partial charge in [-0.05, 0) is 19.1 Å². The number of rotatable bonds is 3. The van der Waals surface area contributed by atoms with Gasteiger partial charge in [-0.25, -0.2) is 15.0 Å². The lowest BCUT2D eigenvalue weighted by Gasteiger charge is -2.16. The molecule has 4 rings (SSSR count). The third kappa shape index (κ3) is 3.74. The molecule has 3 aromatic rings. The van der Waals surface area contributed by atoms with Gasteiger partial charge < -0.3 is 19.9 Å². The smallest absolute Gasteiger partial charge is 0.262 e. The standard InChI is InChI=1S/C19H20N6O5/c1-2-25-17(27)12-3-4-13-15(30-8-6-28-5-7-29-13)14(12)23-19(25)24-16(26)11-9-21-18(20)22-10-11/h3-4,9-10H,2,5-8H2,1H3,(H2,20,21,22)(H,23,24,26). The van der Waals surface area contributed by atoms with Gasteiger partial charge in [-0.1, -0.05) is 0 Å². The van der Waals surface area contributed by atoms with Crippen LogP contribution in [0.4, 0.5) is 11.9 Å². The van der Waals surface area contributed by atoms with Crippen molar-refractivity contribution in [2.24, 2.45) is 0 Å². The summed E-state index contributed by atoms with van der Waals surface area (Å²) in [4.78, 5) is 37.8. The second-order valence-electron chi connectivity index (χ2n) is 6.37. The summed E-state index contributed by atoms with van der Waals surface area (Å²) in [6, 6.07) is 3.31. The molecule has 30 heavy (non-hydrogen) atoms. The summed E-state index contributed by atoms with van der Waals surface area (Å²) in [5.74, 6) is 0.397. The Labute approximate surface area is 170 Å². The van der Waals surface area contributed by atoms with Crippen LogP contribution in [0.15, 0.2) is 29.3 Å². The molecule has 0 unspecified atom stereocenters. The number of carbonyl (C=O) groups is 1. The van der Waals surface area contributed by atoms with Crippen LogP contribution in [-0.4, -0.2) is 51.9 Å². The van der Waals surface area contributed by atoms with Crippen LogP contribution in [0.1, 0.15) is 17.3 Å². The quantitative estimate of drug-likeness (QED) is 0.639.